The second kappa shape index (κ2) is 5.95. The predicted octanol–water partition coefficient (Wildman–Crippen LogP) is 5.01. The number of hydrogen-bond acceptors (Lipinski definition) is 1. The highest BCUT2D eigenvalue weighted by Crippen LogP contribution is 2.32. The van der Waals surface area contributed by atoms with Crippen LogP contribution in [0.15, 0.2) is 53.5 Å². The van der Waals surface area contributed by atoms with E-state index in [0.717, 1.165) is 6.07 Å². The Morgan fingerprint density at radius 3 is 2.33 bits per heavy atom. The largest absolute Gasteiger partial charge is 0.416 e. The second-order valence-electron chi connectivity index (χ2n) is 4.35. The number of rotatable bonds is 2. The van der Waals surface area contributed by atoms with Crippen LogP contribution in [-0.2, 0) is 6.18 Å². The van der Waals surface area contributed by atoms with E-state index in [-0.39, 0.29) is 5.69 Å². The molecule has 2 aromatic carbocycles. The lowest BCUT2D eigenvalue weighted by Gasteiger charge is -2.09. The van der Waals surface area contributed by atoms with E-state index in [1.165, 1.54) is 0 Å². The first kappa shape index (κ1) is 15.0. The third-order valence-corrected chi connectivity index (χ3v) is 2.66. The average molecular weight is 296 g/mol. The van der Waals surface area contributed by atoms with Crippen molar-refractivity contribution in [3.05, 3.63) is 59.9 Å². The quantitative estimate of drug-likeness (QED) is 0.470. The van der Waals surface area contributed by atoms with Crippen molar-refractivity contribution in [3.8, 4) is 0 Å². The number of halogens is 4. The number of nitrogens with zero attached hydrogens (tertiary/aromatic N) is 1. The van der Waals surface area contributed by atoms with E-state index in [1.54, 1.807) is 31.2 Å². The summed E-state index contributed by atoms with van der Waals surface area (Å²) in [6, 6.07) is 11.1. The van der Waals surface area contributed by atoms with Gasteiger partial charge in [0, 0.05) is 5.69 Å². The average Bonchev–Trinajstić information content (AvgIpc) is 2.41. The van der Waals surface area contributed by atoms with Gasteiger partial charge in [0.1, 0.15) is 17.3 Å². The first-order valence-corrected chi connectivity index (χ1v) is 6.10. The van der Waals surface area contributed by atoms with Crippen molar-refractivity contribution in [1.82, 2.24) is 0 Å². The van der Waals surface area contributed by atoms with Gasteiger partial charge in [-0.15, -0.1) is 0 Å². The fourth-order valence-corrected chi connectivity index (χ4v) is 1.71. The molecule has 2 nitrogen and oxygen atoms in total. The van der Waals surface area contributed by atoms with Crippen LogP contribution in [0.5, 0.6) is 0 Å². The Labute approximate surface area is 119 Å². The molecule has 0 aliphatic rings. The van der Waals surface area contributed by atoms with Crippen LogP contribution in [-0.4, -0.2) is 5.84 Å². The number of nitrogens with one attached hydrogen (secondary N) is 1. The standard InChI is InChI=1S/C15H12F4N2/c1-10(20-12-5-3-2-4-6-12)21-14-9-11(15(17,18)19)7-8-13(14)16/h2-9H,1H3,(H,20,21). The first-order valence-electron chi connectivity index (χ1n) is 6.10. The number of hydrogen-bond donors (Lipinski definition) is 1. The summed E-state index contributed by atoms with van der Waals surface area (Å²) in [6.07, 6.45) is -4.53. The topological polar surface area (TPSA) is 24.4 Å². The Balaban J connectivity index is 2.27. The molecule has 2 aromatic rings. The van der Waals surface area contributed by atoms with Gasteiger partial charge in [-0.25, -0.2) is 9.38 Å². The molecule has 0 aromatic heterocycles. The molecule has 0 heterocycles. The highest BCUT2D eigenvalue weighted by molar-refractivity contribution is 5.95. The maximum absolute atomic E-state index is 13.6. The van der Waals surface area contributed by atoms with E-state index in [2.05, 4.69) is 10.3 Å². The van der Waals surface area contributed by atoms with Gasteiger partial charge < -0.3 is 5.32 Å². The van der Waals surface area contributed by atoms with Crippen molar-refractivity contribution in [2.45, 2.75) is 13.1 Å². The highest BCUT2D eigenvalue weighted by atomic mass is 19.4. The zero-order chi connectivity index (χ0) is 15.5. The molecule has 0 amide bonds. The minimum Gasteiger partial charge on any atom is -0.344 e. The van der Waals surface area contributed by atoms with Crippen molar-refractivity contribution >= 4 is 17.2 Å². The molecular weight excluding hydrogens is 284 g/mol. The molecule has 0 spiro atoms. The second-order valence-corrected chi connectivity index (χ2v) is 4.35. The summed E-state index contributed by atoms with van der Waals surface area (Å²) >= 11 is 0. The molecule has 0 fully saturated rings. The van der Waals surface area contributed by atoms with E-state index >= 15 is 0 Å². The molecular formula is C15H12F4N2. The van der Waals surface area contributed by atoms with Crippen LogP contribution < -0.4 is 5.32 Å². The van der Waals surface area contributed by atoms with E-state index in [4.69, 9.17) is 0 Å². The van der Waals surface area contributed by atoms with Gasteiger partial charge in [0.25, 0.3) is 0 Å². The summed E-state index contributed by atoms with van der Waals surface area (Å²) in [5, 5.41) is 2.88. The SMILES string of the molecule is CC(=Nc1cc(C(F)(F)F)ccc1F)Nc1ccccc1. The molecule has 0 unspecified atom stereocenters. The van der Waals surface area contributed by atoms with Gasteiger partial charge in [0.2, 0.25) is 0 Å². The summed E-state index contributed by atoms with van der Waals surface area (Å²) in [7, 11) is 0. The van der Waals surface area contributed by atoms with Crippen molar-refractivity contribution < 1.29 is 17.6 Å². The summed E-state index contributed by atoms with van der Waals surface area (Å²) in [5.74, 6) is -0.517. The molecule has 0 bridgehead atoms. The number of aliphatic imine (C=N–C) groups is 1. The molecule has 0 aliphatic heterocycles. The van der Waals surface area contributed by atoms with Gasteiger partial charge in [-0.1, -0.05) is 18.2 Å². The van der Waals surface area contributed by atoms with Crippen molar-refractivity contribution in [2.24, 2.45) is 4.99 Å². The number of anilines is 1. The summed E-state index contributed by atoms with van der Waals surface area (Å²) in [5.41, 5.74) is -0.577. The van der Waals surface area contributed by atoms with E-state index < -0.39 is 17.6 Å². The molecule has 110 valence electrons. The zero-order valence-electron chi connectivity index (χ0n) is 11.1. The van der Waals surface area contributed by atoms with Crippen LogP contribution in [0.2, 0.25) is 0 Å². The van der Waals surface area contributed by atoms with Crippen molar-refractivity contribution in [2.75, 3.05) is 5.32 Å². The van der Waals surface area contributed by atoms with Crippen LogP contribution >= 0.6 is 0 Å². The summed E-state index contributed by atoms with van der Waals surface area (Å²) in [4.78, 5) is 3.86. The van der Waals surface area contributed by atoms with E-state index in [9.17, 15) is 17.6 Å². The minimum absolute atomic E-state index is 0.291. The van der Waals surface area contributed by atoms with E-state index in [1.807, 2.05) is 6.07 Å². The third kappa shape index (κ3) is 4.05. The molecule has 0 saturated carbocycles. The molecule has 0 radical (unpaired) electrons. The summed E-state index contributed by atoms with van der Waals surface area (Å²) in [6.45, 7) is 1.55. The van der Waals surface area contributed by atoms with Crippen LogP contribution in [0, 0.1) is 5.82 Å². The van der Waals surface area contributed by atoms with Gasteiger partial charge in [-0.3, -0.25) is 0 Å². The van der Waals surface area contributed by atoms with Gasteiger partial charge in [-0.05, 0) is 37.3 Å². The van der Waals surface area contributed by atoms with Crippen LogP contribution in [0.1, 0.15) is 12.5 Å². The predicted molar refractivity (Wildman–Crippen MR) is 74.2 cm³/mol. The lowest BCUT2D eigenvalue weighted by Crippen LogP contribution is -2.07. The number of benzene rings is 2. The van der Waals surface area contributed by atoms with Crippen LogP contribution in [0.4, 0.5) is 28.9 Å². The van der Waals surface area contributed by atoms with Crippen molar-refractivity contribution in [3.63, 3.8) is 0 Å². The van der Waals surface area contributed by atoms with Crippen LogP contribution in [0.25, 0.3) is 0 Å². The molecule has 0 aliphatic carbocycles. The monoisotopic (exact) mass is 296 g/mol. The van der Waals surface area contributed by atoms with Crippen molar-refractivity contribution in [1.29, 1.82) is 0 Å². The van der Waals surface area contributed by atoms with E-state index in [0.29, 0.717) is 23.7 Å². The van der Waals surface area contributed by atoms with Gasteiger partial charge in [-0.2, -0.15) is 13.2 Å². The Bertz CT molecular complexity index is 648. The fourth-order valence-electron chi connectivity index (χ4n) is 1.71. The molecule has 1 N–H and O–H groups in total. The minimum atomic E-state index is -4.53. The highest BCUT2D eigenvalue weighted by Gasteiger charge is 2.31. The molecule has 6 heteroatoms. The number of alkyl halides is 3. The molecule has 21 heavy (non-hydrogen) atoms. The third-order valence-electron chi connectivity index (χ3n) is 2.66. The maximum atomic E-state index is 13.6. The van der Waals surface area contributed by atoms with Gasteiger partial charge >= 0.3 is 6.18 Å². The molecule has 2 rings (SSSR count). The number of para-hydroxylation sites is 1. The normalized spacial score (nSPS) is 12.3. The molecule has 0 saturated heterocycles. The lowest BCUT2D eigenvalue weighted by atomic mass is 10.2. The Morgan fingerprint density at radius 1 is 1.05 bits per heavy atom. The Morgan fingerprint density at radius 2 is 1.71 bits per heavy atom. The fraction of sp³-hybridized carbons (Fsp3) is 0.133. The lowest BCUT2D eigenvalue weighted by molar-refractivity contribution is -0.137. The molecule has 0 atom stereocenters. The Hall–Kier alpha value is -2.37. The Kier molecular flexibility index (Phi) is 4.26. The zero-order valence-corrected chi connectivity index (χ0v) is 11.1. The number of amidine groups is 1. The maximum Gasteiger partial charge on any atom is 0.416 e. The van der Waals surface area contributed by atoms with Gasteiger partial charge in [0.15, 0.2) is 0 Å². The smallest absolute Gasteiger partial charge is 0.344 e. The van der Waals surface area contributed by atoms with Gasteiger partial charge in [0.05, 0.1) is 5.56 Å². The first-order chi connectivity index (χ1) is 9.86. The summed E-state index contributed by atoms with van der Waals surface area (Å²) < 4.78 is 51.3. The van der Waals surface area contributed by atoms with Crippen LogP contribution in [0.3, 0.4) is 0 Å².